The quantitative estimate of drug-likeness (QED) is 0.454. The predicted molar refractivity (Wildman–Crippen MR) is 136 cm³/mol. The van der Waals surface area contributed by atoms with Crippen molar-refractivity contribution in [2.45, 2.75) is 6.92 Å². The molecule has 2 aromatic heterocycles. The van der Waals surface area contributed by atoms with Crippen LogP contribution in [0.2, 0.25) is 5.02 Å². The fraction of sp³-hybridized carbons (Fsp3) is 0.231. The minimum atomic E-state index is -0.0922. The monoisotopic (exact) mass is 459 g/mol. The van der Waals surface area contributed by atoms with E-state index in [1.165, 1.54) is 12.6 Å². The van der Waals surface area contributed by atoms with E-state index >= 15 is 0 Å². The van der Waals surface area contributed by atoms with E-state index in [-0.39, 0.29) is 5.91 Å². The van der Waals surface area contributed by atoms with E-state index in [0.29, 0.717) is 5.02 Å². The van der Waals surface area contributed by atoms with Crippen LogP contribution in [-0.2, 0) is 11.8 Å². The van der Waals surface area contributed by atoms with Gasteiger partial charge in [0.15, 0.2) is 0 Å². The van der Waals surface area contributed by atoms with E-state index in [9.17, 15) is 4.79 Å². The Labute approximate surface area is 198 Å². The van der Waals surface area contributed by atoms with Gasteiger partial charge in [0, 0.05) is 68.7 Å². The molecule has 2 aromatic carbocycles. The summed E-state index contributed by atoms with van der Waals surface area (Å²) in [5, 5.41) is 7.82. The minimum Gasteiger partial charge on any atom is -0.369 e. The van der Waals surface area contributed by atoms with E-state index in [4.69, 9.17) is 11.6 Å². The molecule has 1 fully saturated rings. The lowest BCUT2D eigenvalue weighted by molar-refractivity contribution is -0.114. The smallest absolute Gasteiger partial charge is 0.221 e. The zero-order valence-electron chi connectivity index (χ0n) is 18.7. The van der Waals surface area contributed by atoms with E-state index < -0.39 is 0 Å². The van der Waals surface area contributed by atoms with Gasteiger partial charge >= 0.3 is 0 Å². The first-order chi connectivity index (χ1) is 16.0. The molecule has 0 aliphatic carbocycles. The average Bonchev–Trinajstić information content (AvgIpc) is 3.13. The third kappa shape index (κ3) is 4.08. The van der Waals surface area contributed by atoms with Crippen LogP contribution in [0.15, 0.2) is 60.8 Å². The van der Waals surface area contributed by atoms with Crippen LogP contribution in [0.4, 0.5) is 11.4 Å². The van der Waals surface area contributed by atoms with Gasteiger partial charge in [-0.2, -0.15) is 0 Å². The van der Waals surface area contributed by atoms with Crippen LogP contribution in [0, 0.1) is 0 Å². The van der Waals surface area contributed by atoms with Crippen molar-refractivity contribution >= 4 is 39.9 Å². The average molecular weight is 460 g/mol. The van der Waals surface area contributed by atoms with Gasteiger partial charge in [0.1, 0.15) is 5.65 Å². The predicted octanol–water partition coefficient (Wildman–Crippen LogP) is 4.93. The van der Waals surface area contributed by atoms with Gasteiger partial charge in [-0.3, -0.25) is 4.79 Å². The molecule has 4 aromatic rings. The highest BCUT2D eigenvalue weighted by molar-refractivity contribution is 6.37. The molecule has 33 heavy (non-hydrogen) atoms. The Morgan fingerprint density at radius 2 is 1.67 bits per heavy atom. The Balaban J connectivity index is 1.64. The first kappa shape index (κ1) is 21.5. The summed E-state index contributed by atoms with van der Waals surface area (Å²) >= 11 is 6.69. The van der Waals surface area contributed by atoms with Gasteiger partial charge in [-0.15, -0.1) is 0 Å². The number of halogens is 1. The molecular formula is C26H26ClN5O. The number of aryl methyl sites for hydroxylation is 1. The number of hydrogen-bond donors (Lipinski definition) is 2. The van der Waals surface area contributed by atoms with Crippen LogP contribution >= 0.6 is 11.6 Å². The van der Waals surface area contributed by atoms with Crippen molar-refractivity contribution in [1.82, 2.24) is 14.9 Å². The Bertz CT molecular complexity index is 1310. The van der Waals surface area contributed by atoms with Gasteiger partial charge in [-0.25, -0.2) is 4.98 Å². The summed E-state index contributed by atoms with van der Waals surface area (Å²) in [6, 6.07) is 18.4. The van der Waals surface area contributed by atoms with Gasteiger partial charge in [0.2, 0.25) is 5.91 Å². The third-order valence-electron chi connectivity index (χ3n) is 6.14. The number of anilines is 2. The second-order valence-corrected chi connectivity index (χ2v) is 8.72. The Morgan fingerprint density at radius 3 is 2.33 bits per heavy atom. The molecule has 3 heterocycles. The lowest BCUT2D eigenvalue weighted by Gasteiger charge is -2.29. The maximum atomic E-state index is 11.4. The summed E-state index contributed by atoms with van der Waals surface area (Å²) in [7, 11) is 2.03. The Kier molecular flexibility index (Phi) is 5.79. The Hall–Kier alpha value is -3.35. The summed E-state index contributed by atoms with van der Waals surface area (Å²) in [5.74, 6) is -0.0922. The number of nitrogens with one attached hydrogen (secondary N) is 2. The van der Waals surface area contributed by atoms with E-state index in [0.717, 1.165) is 65.3 Å². The molecule has 7 heteroatoms. The second kappa shape index (κ2) is 8.89. The summed E-state index contributed by atoms with van der Waals surface area (Å²) in [5.41, 5.74) is 7.05. The first-order valence-electron chi connectivity index (χ1n) is 11.1. The standard InChI is InChI=1S/C26H26ClN5O/c1-17(33)30-20-7-3-18(4-8-20)23-24-22(27)11-12-29-26(24)31(2)25(23)19-5-9-21(10-6-19)32-15-13-28-14-16-32/h3-12,28H,13-16H2,1-2H3,(H,30,33). The minimum absolute atomic E-state index is 0.0922. The van der Waals surface area contributed by atoms with Crippen LogP contribution in [0.3, 0.4) is 0 Å². The van der Waals surface area contributed by atoms with Crippen molar-refractivity contribution < 1.29 is 4.79 Å². The van der Waals surface area contributed by atoms with E-state index in [1.807, 2.05) is 37.4 Å². The molecular weight excluding hydrogens is 434 g/mol. The molecule has 0 bridgehead atoms. The number of nitrogens with zero attached hydrogens (tertiary/aromatic N) is 3. The number of fused-ring (bicyclic) bond motifs is 1. The second-order valence-electron chi connectivity index (χ2n) is 8.32. The fourth-order valence-corrected chi connectivity index (χ4v) is 4.84. The van der Waals surface area contributed by atoms with Gasteiger partial charge in [0.25, 0.3) is 0 Å². The van der Waals surface area contributed by atoms with Crippen LogP contribution in [0.5, 0.6) is 0 Å². The molecule has 0 unspecified atom stereocenters. The topological polar surface area (TPSA) is 62.2 Å². The number of hydrogen-bond acceptors (Lipinski definition) is 4. The van der Waals surface area contributed by atoms with Crippen molar-refractivity contribution in [3.8, 4) is 22.4 Å². The lowest BCUT2D eigenvalue weighted by Crippen LogP contribution is -2.43. The van der Waals surface area contributed by atoms with Gasteiger partial charge < -0.3 is 20.1 Å². The van der Waals surface area contributed by atoms with Crippen molar-refractivity contribution in [2.24, 2.45) is 7.05 Å². The molecule has 0 spiro atoms. The van der Waals surface area contributed by atoms with Crippen LogP contribution in [0.1, 0.15) is 6.92 Å². The van der Waals surface area contributed by atoms with Crippen LogP contribution < -0.4 is 15.5 Å². The molecule has 1 saturated heterocycles. The number of carbonyl (C=O) groups excluding carboxylic acids is 1. The lowest BCUT2D eigenvalue weighted by atomic mass is 9.98. The largest absolute Gasteiger partial charge is 0.369 e. The zero-order chi connectivity index (χ0) is 22.9. The van der Waals surface area contributed by atoms with Gasteiger partial charge in [-0.1, -0.05) is 35.9 Å². The van der Waals surface area contributed by atoms with E-state index in [2.05, 4.69) is 49.4 Å². The number of carbonyl (C=O) groups is 1. The van der Waals surface area contributed by atoms with E-state index in [1.54, 1.807) is 6.20 Å². The van der Waals surface area contributed by atoms with Crippen LogP contribution in [0.25, 0.3) is 33.4 Å². The fourth-order valence-electron chi connectivity index (χ4n) is 4.60. The SMILES string of the molecule is CC(=O)Nc1ccc(-c2c(-c3ccc(N4CCNCC4)cc3)n(C)c3nccc(Cl)c23)cc1. The zero-order valence-corrected chi connectivity index (χ0v) is 19.5. The molecule has 0 saturated carbocycles. The number of rotatable bonds is 4. The molecule has 1 aliphatic heterocycles. The number of amides is 1. The first-order valence-corrected chi connectivity index (χ1v) is 11.5. The highest BCUT2D eigenvalue weighted by Gasteiger charge is 2.21. The third-order valence-corrected chi connectivity index (χ3v) is 6.45. The van der Waals surface area contributed by atoms with Gasteiger partial charge in [0.05, 0.1) is 10.7 Å². The molecule has 5 rings (SSSR count). The molecule has 0 atom stereocenters. The molecule has 0 radical (unpaired) electrons. The molecule has 6 nitrogen and oxygen atoms in total. The molecule has 2 N–H and O–H groups in total. The summed E-state index contributed by atoms with van der Waals surface area (Å²) in [4.78, 5) is 18.5. The highest BCUT2D eigenvalue weighted by Crippen LogP contribution is 2.43. The summed E-state index contributed by atoms with van der Waals surface area (Å²) < 4.78 is 2.11. The van der Waals surface area contributed by atoms with Crippen LogP contribution in [-0.4, -0.2) is 41.6 Å². The normalized spacial score (nSPS) is 14.0. The maximum Gasteiger partial charge on any atom is 0.221 e. The molecule has 1 amide bonds. The van der Waals surface area contributed by atoms with Crippen molar-refractivity contribution in [2.75, 3.05) is 36.4 Å². The molecule has 1 aliphatic rings. The highest BCUT2D eigenvalue weighted by atomic mass is 35.5. The molecule has 168 valence electrons. The number of benzene rings is 2. The number of aromatic nitrogens is 2. The van der Waals surface area contributed by atoms with Crippen molar-refractivity contribution in [3.63, 3.8) is 0 Å². The number of piperazine rings is 1. The summed E-state index contributed by atoms with van der Waals surface area (Å²) in [6.07, 6.45) is 1.74. The summed E-state index contributed by atoms with van der Waals surface area (Å²) in [6.45, 7) is 5.55. The maximum absolute atomic E-state index is 11.4. The van der Waals surface area contributed by atoms with Crippen molar-refractivity contribution in [1.29, 1.82) is 0 Å². The van der Waals surface area contributed by atoms with Crippen molar-refractivity contribution in [3.05, 3.63) is 65.8 Å². The number of pyridine rings is 1. The Morgan fingerprint density at radius 1 is 1.00 bits per heavy atom. The van der Waals surface area contributed by atoms with Gasteiger partial charge in [-0.05, 0) is 41.5 Å².